The fourth-order valence-electron chi connectivity index (χ4n) is 9.12. The number of ketones is 2. The number of hydroxylamine groups is 1. The van der Waals surface area contributed by atoms with Crippen LogP contribution >= 0.6 is 0 Å². The first-order valence-electron chi connectivity index (χ1n) is 32.0. The fraction of sp³-hybridized carbons (Fsp3) is 0.656. The molecular formula is C64H94N4O31. The van der Waals surface area contributed by atoms with Crippen LogP contribution in [0.4, 0.5) is 4.79 Å². The maximum atomic E-state index is 13.5. The number of hydrogen-bond acceptors (Lipinski definition) is 30. The lowest BCUT2D eigenvalue weighted by molar-refractivity contribution is -0.275. The van der Waals surface area contributed by atoms with E-state index in [1.807, 2.05) is 0 Å². The molecule has 2 aliphatic heterocycles. The smallest absolute Gasteiger partial charge is 0.431 e. The second-order valence-electron chi connectivity index (χ2n) is 23.4. The highest BCUT2D eigenvalue weighted by Gasteiger charge is 2.51. The average molecular weight is 1420 g/mol. The topological polar surface area (TPSA) is 479 Å². The van der Waals surface area contributed by atoms with Crippen LogP contribution in [0.2, 0.25) is 0 Å². The van der Waals surface area contributed by atoms with E-state index in [0.29, 0.717) is 30.4 Å². The van der Waals surface area contributed by atoms with Crippen molar-refractivity contribution in [2.24, 2.45) is 0 Å². The highest BCUT2D eigenvalue weighted by Crippen LogP contribution is 2.31. The van der Waals surface area contributed by atoms with Gasteiger partial charge in [-0.25, -0.2) is 9.59 Å². The van der Waals surface area contributed by atoms with Gasteiger partial charge in [0.2, 0.25) is 24.4 Å². The van der Waals surface area contributed by atoms with E-state index >= 15 is 0 Å². The van der Waals surface area contributed by atoms with Crippen LogP contribution in [-0.2, 0) is 108 Å². The molecule has 4 amide bonds. The van der Waals surface area contributed by atoms with Crippen molar-refractivity contribution in [2.45, 2.75) is 167 Å². The summed E-state index contributed by atoms with van der Waals surface area (Å²) in [5.41, 5.74) is 2.20. The van der Waals surface area contributed by atoms with Gasteiger partial charge >= 0.3 is 30.0 Å². The Labute approximate surface area is 571 Å². The van der Waals surface area contributed by atoms with Gasteiger partial charge in [-0.15, -0.1) is 0 Å². The maximum Gasteiger partial charge on any atom is 0.431 e. The predicted octanol–water partition coefficient (Wildman–Crippen LogP) is -0.458. The number of hydrogen-bond donors (Lipinski definition) is 10. The maximum absolute atomic E-state index is 13.5. The largest absolute Gasteiger partial charge is 0.479 e. The van der Waals surface area contributed by atoms with Gasteiger partial charge < -0.3 is 113 Å². The Bertz CT molecular complexity index is 2890. The number of aliphatic hydroxyl groups excluding tert-OH is 5. The van der Waals surface area contributed by atoms with Crippen molar-refractivity contribution in [1.29, 1.82) is 0 Å². The van der Waals surface area contributed by atoms with Crippen molar-refractivity contribution >= 4 is 59.3 Å². The van der Waals surface area contributed by atoms with Gasteiger partial charge in [0, 0.05) is 59.9 Å². The zero-order valence-electron chi connectivity index (χ0n) is 56.3. The Morgan fingerprint density at radius 3 is 1.74 bits per heavy atom. The lowest BCUT2D eigenvalue weighted by Gasteiger charge is -2.40. The van der Waals surface area contributed by atoms with Crippen LogP contribution in [0.3, 0.4) is 0 Å². The molecule has 2 aromatic rings. The average Bonchev–Trinajstić information content (AvgIpc) is 0.793. The molecule has 0 saturated carbocycles. The standard InChI is InChI=1S/C64H94N4O31/c1-38(69)91-33-41-14-16-49(96-61-56(80)53(77)48(74)35-93-61)43(31-41)46(72)12-9-20-86-25-27-90-37-52(76)67-45(47(73)13-10-21-85-23-24-88-29-30-94-68-63(84)99-64(4,5)6)11-7-8-18-65-51(75)36-89-28-26-87-22-19-66-59(81)44-32-42(34-92-39(2)70)15-17-50(44)97-62-58(95-40(3)71)55(79)54(78)57(98-62)60(82)83/h14-17,31-32,45,48,53-58,61-62,74,77-80H,7-13,18-30,33-37H2,1-6H3,(H,65,75)(H,66,81)(H,67,76)(H,68,84)(H,82,83)/t45-,48+,53-,54-,55-,56+,57-,58+,61-,62+/m0/s1. The number of amides is 4. The summed E-state index contributed by atoms with van der Waals surface area (Å²) in [4.78, 5) is 129. The molecular weight excluding hydrogens is 1320 g/mol. The van der Waals surface area contributed by atoms with E-state index in [2.05, 4.69) is 21.4 Å². The Hall–Kier alpha value is -7.62. The number of benzene rings is 2. The normalized spacial score (nSPS) is 20.1. The summed E-state index contributed by atoms with van der Waals surface area (Å²) < 4.78 is 75.7. The van der Waals surface area contributed by atoms with Crippen LogP contribution in [0, 0.1) is 0 Å². The Morgan fingerprint density at radius 2 is 1.13 bits per heavy atom. The first kappa shape index (κ1) is 83.8. The van der Waals surface area contributed by atoms with E-state index in [0.717, 1.165) is 6.92 Å². The number of aliphatic carboxylic acids is 1. The Morgan fingerprint density at radius 1 is 0.576 bits per heavy atom. The minimum absolute atomic E-state index is 0.00950. The molecule has 0 bridgehead atoms. The number of carbonyl (C=O) groups excluding carboxylic acids is 9. The van der Waals surface area contributed by atoms with Gasteiger partial charge in [-0.2, -0.15) is 5.48 Å². The second-order valence-corrected chi connectivity index (χ2v) is 23.4. The molecule has 0 aromatic heterocycles. The second kappa shape index (κ2) is 45.2. The molecule has 10 N–H and O–H groups in total. The summed E-state index contributed by atoms with van der Waals surface area (Å²) in [6.07, 6.45) is -14.5. The van der Waals surface area contributed by atoms with Gasteiger partial charge in [-0.3, -0.25) is 43.2 Å². The third-order valence-corrected chi connectivity index (χ3v) is 13.9. The number of carbonyl (C=O) groups is 10. The number of carboxylic acid groups (broad SMARTS) is 1. The summed E-state index contributed by atoms with van der Waals surface area (Å²) in [6.45, 7) is 8.19. The summed E-state index contributed by atoms with van der Waals surface area (Å²) in [7, 11) is 0. The van der Waals surface area contributed by atoms with Gasteiger partial charge in [0.1, 0.15) is 74.0 Å². The lowest BCUT2D eigenvalue weighted by atomic mass is 9.98. The van der Waals surface area contributed by atoms with Crippen molar-refractivity contribution in [3.8, 4) is 11.5 Å². The number of Topliss-reactive ketones (excluding diaryl/α,β-unsaturated/α-hetero) is 2. The number of unbranched alkanes of at least 4 members (excludes halogenated alkanes) is 1. The third kappa shape index (κ3) is 32.9. The number of nitrogens with one attached hydrogen (secondary N) is 4. The number of ether oxygens (including phenoxy) is 14. The Kier molecular flexibility index (Phi) is 38.3. The van der Waals surface area contributed by atoms with Crippen LogP contribution in [0.15, 0.2) is 36.4 Å². The summed E-state index contributed by atoms with van der Waals surface area (Å²) in [5, 5.41) is 69.0. The molecule has 2 aromatic carbocycles. The van der Waals surface area contributed by atoms with Crippen molar-refractivity contribution < 1.29 is 150 Å². The highest BCUT2D eigenvalue weighted by molar-refractivity contribution is 5.99. The van der Waals surface area contributed by atoms with Crippen LogP contribution in [0.1, 0.15) is 118 Å². The van der Waals surface area contributed by atoms with Crippen LogP contribution in [0.5, 0.6) is 11.5 Å². The number of aliphatic hydroxyl groups is 5. The molecule has 0 unspecified atom stereocenters. The third-order valence-electron chi connectivity index (χ3n) is 13.9. The molecule has 2 heterocycles. The van der Waals surface area contributed by atoms with E-state index in [9.17, 15) is 78.6 Å². The monoisotopic (exact) mass is 1410 g/mol. The van der Waals surface area contributed by atoms with Gasteiger partial charge in [-0.1, -0.05) is 12.1 Å². The lowest BCUT2D eigenvalue weighted by Crippen LogP contribution is -2.62. The molecule has 0 aliphatic carbocycles. The zero-order valence-corrected chi connectivity index (χ0v) is 56.3. The number of rotatable bonds is 47. The fourth-order valence-corrected chi connectivity index (χ4v) is 9.12. The molecule has 0 spiro atoms. The number of esters is 3. The van der Waals surface area contributed by atoms with Crippen LogP contribution in [0.25, 0.3) is 0 Å². The quantitative estimate of drug-likeness (QED) is 0.0132. The number of carboxylic acids is 1. The van der Waals surface area contributed by atoms with E-state index in [1.54, 1.807) is 26.8 Å². The molecule has 0 radical (unpaired) electrons. The molecule has 2 saturated heterocycles. The molecule has 4 rings (SSSR count). The van der Waals surface area contributed by atoms with Crippen LogP contribution in [-0.4, -0.2) is 262 Å². The summed E-state index contributed by atoms with van der Waals surface area (Å²) in [6, 6.07) is 7.56. The van der Waals surface area contributed by atoms with Gasteiger partial charge in [0.05, 0.1) is 83.2 Å². The van der Waals surface area contributed by atoms with Crippen molar-refractivity contribution in [1.82, 2.24) is 21.4 Å². The molecule has 35 heteroatoms. The first-order chi connectivity index (χ1) is 47.1. The van der Waals surface area contributed by atoms with E-state index in [4.69, 9.17) is 71.2 Å². The van der Waals surface area contributed by atoms with Gasteiger partial charge in [0.25, 0.3) is 5.91 Å². The molecule has 2 aliphatic rings. The highest BCUT2D eigenvalue weighted by atomic mass is 16.7. The van der Waals surface area contributed by atoms with Crippen LogP contribution < -0.4 is 30.9 Å². The minimum atomic E-state index is -2.01. The first-order valence-corrected chi connectivity index (χ1v) is 32.0. The summed E-state index contributed by atoms with van der Waals surface area (Å²) >= 11 is 0. The van der Waals surface area contributed by atoms with Gasteiger partial charge in [-0.05, 0) is 88.3 Å². The Balaban J connectivity index is 1.18. The molecule has 99 heavy (non-hydrogen) atoms. The predicted molar refractivity (Wildman–Crippen MR) is 336 cm³/mol. The SMILES string of the molecule is CC(=O)OCc1ccc(O[C@@H]2OC[C@@H](O)[C@H](O)[C@H]2O)c(C(=O)CCCOCCOCC(=O)N[C@@H](CCCCNC(=O)COCCOCCNC(=O)c2cc(COC(C)=O)ccc2O[C@@H]2O[C@H](C(=O)O)[C@@H](O)[C@H](O)[C@H]2OC(C)=O)C(=O)CCCOCCOCCONC(=O)OC(C)(C)C)c1. The minimum Gasteiger partial charge on any atom is -0.479 e. The molecule has 10 atom stereocenters. The van der Waals surface area contributed by atoms with E-state index < -0.39 is 121 Å². The molecule has 556 valence electrons. The van der Waals surface area contributed by atoms with Crippen molar-refractivity contribution in [2.75, 3.05) is 106 Å². The molecule has 2 fully saturated rings. The van der Waals surface area contributed by atoms with E-state index in [-0.39, 0.29) is 172 Å². The zero-order chi connectivity index (χ0) is 72.9. The van der Waals surface area contributed by atoms with E-state index in [1.165, 1.54) is 44.2 Å². The van der Waals surface area contributed by atoms with Gasteiger partial charge in [0.15, 0.2) is 23.8 Å². The van der Waals surface area contributed by atoms with Crippen molar-refractivity contribution in [3.05, 3.63) is 58.7 Å². The van der Waals surface area contributed by atoms with Crippen molar-refractivity contribution in [3.63, 3.8) is 0 Å². The summed E-state index contributed by atoms with van der Waals surface area (Å²) in [5.74, 6) is -6.35. The molecule has 35 nitrogen and oxygen atoms in total.